The van der Waals surface area contributed by atoms with Crippen LogP contribution in [0.3, 0.4) is 0 Å². The number of pyridine rings is 1. The number of hydrogen-bond acceptors (Lipinski definition) is 8. The first-order valence-corrected chi connectivity index (χ1v) is 13.1. The van der Waals surface area contributed by atoms with E-state index >= 15 is 0 Å². The Kier molecular flexibility index (Phi) is 7.11. The van der Waals surface area contributed by atoms with Crippen molar-refractivity contribution in [2.75, 3.05) is 35.8 Å². The van der Waals surface area contributed by atoms with Gasteiger partial charge in [-0.1, -0.05) is 24.3 Å². The summed E-state index contributed by atoms with van der Waals surface area (Å²) in [7, 11) is 1.55. The molecule has 42 heavy (non-hydrogen) atoms. The Bertz CT molecular complexity index is 1770. The van der Waals surface area contributed by atoms with Crippen LogP contribution >= 0.6 is 0 Å². The predicted molar refractivity (Wildman–Crippen MR) is 155 cm³/mol. The van der Waals surface area contributed by atoms with E-state index in [4.69, 9.17) is 15.2 Å². The first kappa shape index (κ1) is 26.7. The molecule has 1 aliphatic heterocycles. The van der Waals surface area contributed by atoms with Crippen molar-refractivity contribution in [1.29, 1.82) is 0 Å². The van der Waals surface area contributed by atoms with Gasteiger partial charge in [0.15, 0.2) is 5.65 Å². The summed E-state index contributed by atoms with van der Waals surface area (Å²) in [5.41, 5.74) is 10.9. The van der Waals surface area contributed by atoms with Crippen molar-refractivity contribution >= 4 is 40.7 Å². The third-order valence-electron chi connectivity index (χ3n) is 6.83. The highest BCUT2D eigenvalue weighted by molar-refractivity contribution is 5.95. The maximum Gasteiger partial charge on any atom is 0.414 e. The lowest BCUT2D eigenvalue weighted by molar-refractivity contribution is -0.117. The molecule has 11 nitrogen and oxygen atoms in total. The number of anilines is 4. The van der Waals surface area contributed by atoms with E-state index < -0.39 is 17.8 Å². The molecule has 6 rings (SSSR count). The molecule has 1 fully saturated rings. The zero-order chi connectivity index (χ0) is 29.2. The number of benzene rings is 3. The van der Waals surface area contributed by atoms with Gasteiger partial charge in [0, 0.05) is 23.5 Å². The summed E-state index contributed by atoms with van der Waals surface area (Å²) in [4.78, 5) is 30.6. The van der Waals surface area contributed by atoms with E-state index in [0.717, 1.165) is 11.1 Å². The molecule has 1 aliphatic rings. The van der Waals surface area contributed by atoms with Crippen LogP contribution in [-0.2, 0) is 9.53 Å². The molecule has 0 bridgehead atoms. The van der Waals surface area contributed by atoms with E-state index in [1.807, 2.05) is 30.5 Å². The minimum absolute atomic E-state index is 0.350. The number of methoxy groups -OCH3 is 1. The van der Waals surface area contributed by atoms with Crippen LogP contribution in [0, 0.1) is 5.82 Å². The molecule has 1 saturated heterocycles. The van der Waals surface area contributed by atoms with Gasteiger partial charge < -0.3 is 25.8 Å². The Hall–Kier alpha value is -5.49. The summed E-state index contributed by atoms with van der Waals surface area (Å²) < 4.78 is 25.4. The lowest BCUT2D eigenvalue weighted by Crippen LogP contribution is -2.27. The predicted octanol–water partition coefficient (Wildman–Crippen LogP) is 4.88. The van der Waals surface area contributed by atoms with E-state index in [2.05, 4.69) is 20.7 Å². The van der Waals surface area contributed by atoms with Gasteiger partial charge in [-0.2, -0.15) is 4.98 Å². The number of nitrogens with zero attached hydrogens (tertiary/aromatic N) is 4. The number of aromatic nitrogens is 3. The Labute approximate surface area is 239 Å². The highest BCUT2D eigenvalue weighted by Crippen LogP contribution is 2.33. The summed E-state index contributed by atoms with van der Waals surface area (Å²) in [5, 5.41) is 10.5. The number of hydrogen-bond donors (Lipinski definition) is 3. The fourth-order valence-electron chi connectivity index (χ4n) is 4.59. The number of carbonyl (C=O) groups is 2. The van der Waals surface area contributed by atoms with E-state index in [-0.39, 0.29) is 6.09 Å². The normalized spacial score (nSPS) is 13.6. The van der Waals surface area contributed by atoms with Gasteiger partial charge in [-0.15, -0.1) is 5.10 Å². The van der Waals surface area contributed by atoms with Gasteiger partial charge >= 0.3 is 6.09 Å². The third-order valence-corrected chi connectivity index (χ3v) is 6.83. The van der Waals surface area contributed by atoms with Crippen LogP contribution in [-0.4, -0.2) is 46.9 Å². The molecule has 1 atom stereocenters. The van der Waals surface area contributed by atoms with Gasteiger partial charge in [0.2, 0.25) is 11.9 Å². The average Bonchev–Trinajstić information content (AvgIpc) is 3.62. The number of fused-ring (bicyclic) bond motifs is 1. The largest absolute Gasteiger partial charge is 0.494 e. The van der Waals surface area contributed by atoms with Gasteiger partial charge in [0.1, 0.15) is 24.2 Å². The first-order valence-electron chi connectivity index (χ1n) is 13.1. The Morgan fingerprint density at radius 2 is 1.81 bits per heavy atom. The minimum Gasteiger partial charge on any atom is -0.494 e. The molecular formula is C30H26FN7O4. The second kappa shape index (κ2) is 11.2. The van der Waals surface area contributed by atoms with Crippen LogP contribution in [0.5, 0.6) is 5.75 Å². The molecule has 2 amide bonds. The van der Waals surface area contributed by atoms with Gasteiger partial charge in [-0.25, -0.2) is 13.7 Å². The number of ether oxygens (including phenoxy) is 2. The van der Waals surface area contributed by atoms with Crippen molar-refractivity contribution in [3.63, 3.8) is 0 Å². The molecule has 3 aromatic carbocycles. The van der Waals surface area contributed by atoms with Gasteiger partial charge in [0.05, 0.1) is 25.0 Å². The number of rotatable bonds is 8. The summed E-state index contributed by atoms with van der Waals surface area (Å²) in [6.45, 7) is 0.830. The lowest BCUT2D eigenvalue weighted by atomic mass is 10.1. The second-order valence-electron chi connectivity index (χ2n) is 9.53. The standard InChI is InChI=1S/C30H26FN7O4/c1-41-25-16-23(37-14-15-42-30(37)40)11-12-24(25)34-29-35-26-13-6-20(17-38(26)36-29)18-4-9-22(10-5-18)33-28(39)27(32)19-2-7-21(31)8-3-19/h2-13,16-17,27H,14-15,32H2,1H3,(H,33,39)(H,34,36)/t27-/m1/s1. The molecular weight excluding hydrogens is 541 g/mol. The SMILES string of the molecule is COc1cc(N2CCOC2=O)ccc1Nc1nc2ccc(-c3ccc(NC(=O)[C@H](N)c4ccc(F)cc4)cc3)cn2n1. The third kappa shape index (κ3) is 5.43. The van der Waals surface area contributed by atoms with Crippen LogP contribution in [0.2, 0.25) is 0 Å². The van der Waals surface area contributed by atoms with Crippen LogP contribution in [0.4, 0.5) is 32.2 Å². The number of halogens is 1. The number of nitrogens with two attached hydrogens (primary N) is 1. The van der Waals surface area contributed by atoms with E-state index in [9.17, 15) is 14.0 Å². The first-order chi connectivity index (χ1) is 20.4. The lowest BCUT2D eigenvalue weighted by Gasteiger charge is -2.16. The Morgan fingerprint density at radius 3 is 2.52 bits per heavy atom. The number of amides is 2. The summed E-state index contributed by atoms with van der Waals surface area (Å²) in [5.74, 6) is 0.104. The zero-order valence-corrected chi connectivity index (χ0v) is 22.5. The molecule has 2 aromatic heterocycles. The molecule has 0 aliphatic carbocycles. The maximum atomic E-state index is 13.2. The smallest absolute Gasteiger partial charge is 0.414 e. The van der Waals surface area contributed by atoms with Gasteiger partial charge in [-0.3, -0.25) is 9.69 Å². The number of cyclic esters (lactones) is 1. The van der Waals surface area contributed by atoms with E-state index in [0.29, 0.717) is 53.1 Å². The fraction of sp³-hybridized carbons (Fsp3) is 0.133. The van der Waals surface area contributed by atoms with Gasteiger partial charge in [0.25, 0.3) is 0 Å². The van der Waals surface area contributed by atoms with Crippen molar-refractivity contribution in [2.24, 2.45) is 5.73 Å². The maximum absolute atomic E-state index is 13.2. The summed E-state index contributed by atoms with van der Waals surface area (Å²) in [6, 6.07) is 21.0. The van der Waals surface area contributed by atoms with Crippen LogP contribution < -0.4 is 26.0 Å². The van der Waals surface area contributed by atoms with Gasteiger partial charge in [-0.05, 0) is 59.7 Å². The molecule has 3 heterocycles. The fourth-order valence-corrected chi connectivity index (χ4v) is 4.59. The molecule has 0 unspecified atom stereocenters. The molecule has 0 saturated carbocycles. The van der Waals surface area contributed by atoms with Crippen LogP contribution in [0.1, 0.15) is 11.6 Å². The monoisotopic (exact) mass is 567 g/mol. The van der Waals surface area contributed by atoms with Crippen LogP contribution in [0.15, 0.2) is 85.1 Å². The number of nitrogens with one attached hydrogen (secondary N) is 2. The second-order valence-corrected chi connectivity index (χ2v) is 9.53. The minimum atomic E-state index is -0.926. The van der Waals surface area contributed by atoms with Crippen molar-refractivity contribution in [3.8, 4) is 16.9 Å². The van der Waals surface area contributed by atoms with Crippen LogP contribution in [0.25, 0.3) is 16.8 Å². The molecule has 0 radical (unpaired) electrons. The zero-order valence-electron chi connectivity index (χ0n) is 22.5. The van der Waals surface area contributed by atoms with Crippen molar-refractivity contribution in [1.82, 2.24) is 14.6 Å². The Balaban J connectivity index is 1.15. The summed E-state index contributed by atoms with van der Waals surface area (Å²) in [6.07, 6.45) is 1.46. The topological polar surface area (TPSA) is 136 Å². The van der Waals surface area contributed by atoms with Crippen molar-refractivity contribution < 1.29 is 23.5 Å². The highest BCUT2D eigenvalue weighted by atomic mass is 19.1. The molecule has 212 valence electrons. The highest BCUT2D eigenvalue weighted by Gasteiger charge is 2.24. The molecule has 0 spiro atoms. The average molecular weight is 568 g/mol. The molecule has 12 heteroatoms. The Morgan fingerprint density at radius 1 is 1.05 bits per heavy atom. The number of carbonyl (C=O) groups excluding carboxylic acids is 2. The van der Waals surface area contributed by atoms with Crippen molar-refractivity contribution in [2.45, 2.75) is 6.04 Å². The molecule has 5 aromatic rings. The van der Waals surface area contributed by atoms with E-state index in [1.165, 1.54) is 24.3 Å². The van der Waals surface area contributed by atoms with E-state index in [1.54, 1.807) is 46.9 Å². The molecule has 4 N–H and O–H groups in total. The quantitative estimate of drug-likeness (QED) is 0.241. The summed E-state index contributed by atoms with van der Waals surface area (Å²) >= 11 is 0. The van der Waals surface area contributed by atoms with Crippen molar-refractivity contribution in [3.05, 3.63) is 96.4 Å².